The monoisotopic (exact) mass is 140 g/mol. The molecule has 0 N–H and O–H groups in total. The van der Waals surface area contributed by atoms with Crippen LogP contribution in [0.1, 0.15) is 42.2 Å². The predicted molar refractivity (Wildman–Crippen MR) is 43.8 cm³/mol. The smallest absolute Gasteiger partial charge is 0.0272 e. The lowest BCUT2D eigenvalue weighted by Gasteiger charge is -2.37. The Bertz CT molecular complexity index is 172. The fraction of sp³-hybridized carbons (Fsp3) is 1.00. The molecule has 2 bridgehead atoms. The van der Waals surface area contributed by atoms with Gasteiger partial charge in [-0.25, -0.2) is 0 Å². The fourth-order valence-corrected chi connectivity index (χ4v) is 2.55. The van der Waals surface area contributed by atoms with E-state index in [2.05, 4.69) is 0 Å². The van der Waals surface area contributed by atoms with Gasteiger partial charge >= 0.3 is 0 Å². The van der Waals surface area contributed by atoms with Crippen molar-refractivity contribution in [1.82, 2.24) is 0 Å². The zero-order chi connectivity index (χ0) is 8.93. The van der Waals surface area contributed by atoms with Crippen LogP contribution in [0.25, 0.3) is 0 Å². The Morgan fingerprint density at radius 2 is 2.00 bits per heavy atom. The van der Waals surface area contributed by atoms with Crippen LogP contribution in [-0.4, -0.2) is 0 Å². The van der Waals surface area contributed by atoms with Gasteiger partial charge in [-0.15, -0.1) is 0 Å². The molecule has 0 aromatic carbocycles. The highest BCUT2D eigenvalue weighted by atomic mass is 14.5. The van der Waals surface area contributed by atoms with Crippen LogP contribution in [0.3, 0.4) is 0 Å². The minimum atomic E-state index is -0.899. The second kappa shape index (κ2) is 2.25. The molecule has 0 spiro atoms. The fourth-order valence-electron chi connectivity index (χ4n) is 2.55. The van der Waals surface area contributed by atoms with Crippen molar-refractivity contribution in [2.24, 2.45) is 23.7 Å². The second-order valence-corrected chi connectivity index (χ2v) is 4.18. The lowest BCUT2D eigenvalue weighted by atomic mass is 9.69. The van der Waals surface area contributed by atoms with Crippen LogP contribution in [-0.2, 0) is 0 Å². The van der Waals surface area contributed by atoms with Gasteiger partial charge in [0, 0.05) is 2.74 Å². The summed E-state index contributed by atoms with van der Waals surface area (Å²) in [5.74, 6) is 2.04. The van der Waals surface area contributed by atoms with Gasteiger partial charge in [-0.2, -0.15) is 0 Å². The Morgan fingerprint density at radius 1 is 1.40 bits per heavy atom. The topological polar surface area (TPSA) is 0 Å². The van der Waals surface area contributed by atoms with Crippen LogP contribution in [0.5, 0.6) is 0 Å². The van der Waals surface area contributed by atoms with Gasteiger partial charge in [0.15, 0.2) is 0 Å². The third-order valence-corrected chi connectivity index (χ3v) is 3.06. The van der Waals surface area contributed by atoms with Crippen molar-refractivity contribution in [1.29, 1.82) is 0 Å². The lowest BCUT2D eigenvalue weighted by Crippen LogP contribution is -2.28. The maximum absolute atomic E-state index is 8.01. The Labute approximate surface area is 66.8 Å². The van der Waals surface area contributed by atoms with Crippen LogP contribution < -0.4 is 0 Å². The average molecular weight is 140 g/mol. The molecular weight excluding hydrogens is 120 g/mol. The zero-order valence-electron chi connectivity index (χ0n) is 8.93. The number of hydrogen-bond donors (Lipinski definition) is 0. The standard InChI is InChI=1S/C10H18/c1-7(2)5-10-8-3-4-9(10)6-8/h7-10H,3-6H2,1-2H3/i5D2. The predicted octanol–water partition coefficient (Wildman–Crippen LogP) is 3.08. The average Bonchev–Trinajstić information content (AvgIpc) is 2.41. The SMILES string of the molecule is [2H]C([2H])(C(C)C)C1C2CCC1C2. The van der Waals surface area contributed by atoms with Crippen molar-refractivity contribution in [2.75, 3.05) is 0 Å². The van der Waals surface area contributed by atoms with E-state index in [9.17, 15) is 0 Å². The first kappa shape index (κ1) is 4.79. The first-order valence-corrected chi connectivity index (χ1v) is 4.53. The molecule has 3 saturated carbocycles. The quantitative estimate of drug-likeness (QED) is 0.553. The molecule has 0 aliphatic heterocycles. The molecule has 0 heterocycles. The minimum absolute atomic E-state index is 0.186. The summed E-state index contributed by atoms with van der Waals surface area (Å²) in [7, 11) is 0. The number of fused-ring (bicyclic) bond motifs is 1. The van der Waals surface area contributed by atoms with Crippen molar-refractivity contribution < 1.29 is 2.74 Å². The van der Waals surface area contributed by atoms with E-state index in [4.69, 9.17) is 2.74 Å². The van der Waals surface area contributed by atoms with Gasteiger partial charge in [0.25, 0.3) is 0 Å². The highest BCUT2D eigenvalue weighted by molar-refractivity contribution is 4.96. The largest absolute Gasteiger partial charge is 0.0628 e. The van der Waals surface area contributed by atoms with Crippen LogP contribution in [0, 0.1) is 23.7 Å². The third kappa shape index (κ3) is 0.889. The molecule has 0 radical (unpaired) electrons. The molecule has 0 nitrogen and oxygen atoms in total. The normalized spacial score (nSPS) is 48.5. The van der Waals surface area contributed by atoms with Gasteiger partial charge in [0.2, 0.25) is 0 Å². The van der Waals surface area contributed by atoms with Crippen molar-refractivity contribution in [3.05, 3.63) is 0 Å². The molecule has 3 fully saturated rings. The summed E-state index contributed by atoms with van der Waals surface area (Å²) in [6.45, 7) is 4.02. The molecule has 3 aliphatic carbocycles. The Hall–Kier alpha value is 0. The highest BCUT2D eigenvalue weighted by Gasteiger charge is 2.45. The first-order valence-electron chi connectivity index (χ1n) is 5.53. The Balaban J connectivity index is 2.10. The summed E-state index contributed by atoms with van der Waals surface area (Å²) in [6, 6.07) is 0. The highest BCUT2D eigenvalue weighted by Crippen LogP contribution is 2.55. The maximum atomic E-state index is 8.01. The van der Waals surface area contributed by atoms with Gasteiger partial charge in [-0.05, 0) is 49.3 Å². The molecular formula is C10H18. The molecule has 0 aromatic heterocycles. The van der Waals surface area contributed by atoms with E-state index in [1.165, 1.54) is 19.3 Å². The van der Waals surface area contributed by atoms with E-state index in [0.29, 0.717) is 5.92 Å². The van der Waals surface area contributed by atoms with Gasteiger partial charge in [0.05, 0.1) is 0 Å². The van der Waals surface area contributed by atoms with Crippen molar-refractivity contribution in [3.8, 4) is 0 Å². The van der Waals surface area contributed by atoms with E-state index in [-0.39, 0.29) is 5.92 Å². The molecule has 10 heavy (non-hydrogen) atoms. The summed E-state index contributed by atoms with van der Waals surface area (Å²) < 4.78 is 16.0. The van der Waals surface area contributed by atoms with Gasteiger partial charge in [0.1, 0.15) is 0 Å². The zero-order valence-corrected chi connectivity index (χ0v) is 6.93. The Kier molecular flexibility index (Phi) is 1.08. The molecule has 3 rings (SSSR count). The first-order chi connectivity index (χ1) is 5.53. The van der Waals surface area contributed by atoms with E-state index < -0.39 is 6.37 Å². The lowest BCUT2D eigenvalue weighted by molar-refractivity contribution is 0.129. The van der Waals surface area contributed by atoms with Crippen molar-refractivity contribution >= 4 is 0 Å². The summed E-state index contributed by atoms with van der Waals surface area (Å²) in [4.78, 5) is 0. The Morgan fingerprint density at radius 3 is 2.40 bits per heavy atom. The van der Waals surface area contributed by atoms with E-state index in [1.54, 1.807) is 0 Å². The van der Waals surface area contributed by atoms with E-state index in [1.807, 2.05) is 13.8 Å². The summed E-state index contributed by atoms with van der Waals surface area (Å²) >= 11 is 0. The molecule has 2 unspecified atom stereocenters. The molecule has 2 atom stereocenters. The van der Waals surface area contributed by atoms with Gasteiger partial charge < -0.3 is 0 Å². The van der Waals surface area contributed by atoms with Crippen LogP contribution in [0.4, 0.5) is 0 Å². The van der Waals surface area contributed by atoms with Crippen molar-refractivity contribution in [3.63, 3.8) is 0 Å². The third-order valence-electron chi connectivity index (χ3n) is 3.06. The summed E-state index contributed by atoms with van der Waals surface area (Å²) in [5.41, 5.74) is 0. The molecule has 0 heteroatoms. The second-order valence-electron chi connectivity index (χ2n) is 4.18. The molecule has 3 aliphatic rings. The summed E-state index contributed by atoms with van der Waals surface area (Å²) in [6.07, 6.45) is 3.00. The van der Waals surface area contributed by atoms with Crippen LogP contribution in [0.2, 0.25) is 0 Å². The molecule has 0 aromatic rings. The van der Waals surface area contributed by atoms with Crippen LogP contribution >= 0.6 is 0 Å². The van der Waals surface area contributed by atoms with Gasteiger partial charge in [-0.3, -0.25) is 0 Å². The maximum Gasteiger partial charge on any atom is 0.0272 e. The minimum Gasteiger partial charge on any atom is -0.0628 e. The molecule has 58 valence electrons. The van der Waals surface area contributed by atoms with Crippen molar-refractivity contribution in [2.45, 2.75) is 39.5 Å². The summed E-state index contributed by atoms with van der Waals surface area (Å²) in [5, 5.41) is 0. The van der Waals surface area contributed by atoms with E-state index in [0.717, 1.165) is 11.8 Å². The van der Waals surface area contributed by atoms with Gasteiger partial charge in [-0.1, -0.05) is 13.8 Å². The molecule has 0 amide bonds. The number of rotatable bonds is 2. The number of hydrogen-bond acceptors (Lipinski definition) is 0. The van der Waals surface area contributed by atoms with Crippen LogP contribution in [0.15, 0.2) is 0 Å². The molecule has 0 saturated heterocycles. The van der Waals surface area contributed by atoms with E-state index >= 15 is 0 Å².